The van der Waals surface area contributed by atoms with E-state index < -0.39 is 0 Å². The third-order valence-corrected chi connectivity index (χ3v) is 4.56. The highest BCUT2D eigenvalue weighted by atomic mass is 16.5. The fourth-order valence-corrected chi connectivity index (χ4v) is 3.00. The van der Waals surface area contributed by atoms with Gasteiger partial charge >= 0.3 is 0 Å². The molecule has 2 aromatic carbocycles. The van der Waals surface area contributed by atoms with Crippen LogP contribution in [0.15, 0.2) is 42.5 Å². The number of anilines is 1. The molecule has 1 aliphatic heterocycles. The number of ether oxygens (including phenoxy) is 3. The largest absolute Gasteiger partial charge is 0.493 e. The van der Waals surface area contributed by atoms with E-state index in [0.29, 0.717) is 34.9 Å². The second-order valence-corrected chi connectivity index (χ2v) is 6.45. The number of hydrogen-bond acceptors (Lipinski definition) is 5. The average Bonchev–Trinajstić information content (AvgIpc) is 3.25. The van der Waals surface area contributed by atoms with E-state index in [9.17, 15) is 9.59 Å². The minimum absolute atomic E-state index is 0.0930. The van der Waals surface area contributed by atoms with Gasteiger partial charge in [0.15, 0.2) is 11.5 Å². The Morgan fingerprint density at radius 1 is 1.00 bits per heavy atom. The third-order valence-electron chi connectivity index (χ3n) is 4.56. The number of benzene rings is 2. The smallest absolute Gasteiger partial charge is 0.255 e. The van der Waals surface area contributed by atoms with Crippen molar-refractivity contribution < 1.29 is 23.8 Å². The lowest BCUT2D eigenvalue weighted by Gasteiger charge is -2.12. The summed E-state index contributed by atoms with van der Waals surface area (Å²) < 4.78 is 15.9. The summed E-state index contributed by atoms with van der Waals surface area (Å²) in [5.41, 5.74) is 1.53. The van der Waals surface area contributed by atoms with Gasteiger partial charge in [0, 0.05) is 36.0 Å². The molecule has 0 bridgehead atoms. The van der Waals surface area contributed by atoms with Crippen LogP contribution in [-0.4, -0.2) is 45.3 Å². The number of methoxy groups -OCH3 is 2. The van der Waals surface area contributed by atoms with Crippen molar-refractivity contribution >= 4 is 17.5 Å². The SMILES string of the molecule is COc1ccc(NC(=O)c2ccc(C(=O)NCC3CCCO3)cc2)cc1OC. The highest BCUT2D eigenvalue weighted by molar-refractivity contribution is 6.05. The van der Waals surface area contributed by atoms with E-state index in [-0.39, 0.29) is 17.9 Å². The first-order chi connectivity index (χ1) is 13.6. The van der Waals surface area contributed by atoms with Crippen molar-refractivity contribution in [3.05, 3.63) is 53.6 Å². The summed E-state index contributed by atoms with van der Waals surface area (Å²) >= 11 is 0. The number of nitrogens with one attached hydrogen (secondary N) is 2. The molecule has 0 aliphatic carbocycles. The van der Waals surface area contributed by atoms with Gasteiger partial charge in [0.2, 0.25) is 0 Å². The van der Waals surface area contributed by atoms with E-state index in [1.54, 1.807) is 49.6 Å². The van der Waals surface area contributed by atoms with Gasteiger partial charge in [-0.05, 0) is 49.2 Å². The maximum absolute atomic E-state index is 12.4. The highest BCUT2D eigenvalue weighted by Crippen LogP contribution is 2.29. The van der Waals surface area contributed by atoms with Crippen LogP contribution >= 0.6 is 0 Å². The molecule has 2 amide bonds. The van der Waals surface area contributed by atoms with E-state index >= 15 is 0 Å². The van der Waals surface area contributed by atoms with Gasteiger partial charge in [-0.1, -0.05) is 0 Å². The predicted octanol–water partition coefficient (Wildman–Crippen LogP) is 2.86. The molecule has 1 heterocycles. The predicted molar refractivity (Wildman–Crippen MR) is 105 cm³/mol. The van der Waals surface area contributed by atoms with Crippen molar-refractivity contribution in [3.63, 3.8) is 0 Å². The van der Waals surface area contributed by atoms with Gasteiger partial charge in [-0.2, -0.15) is 0 Å². The van der Waals surface area contributed by atoms with E-state index in [4.69, 9.17) is 14.2 Å². The lowest BCUT2D eigenvalue weighted by molar-refractivity contribution is 0.0857. The lowest BCUT2D eigenvalue weighted by atomic mass is 10.1. The molecule has 1 atom stereocenters. The Kier molecular flexibility index (Phi) is 6.49. The number of carbonyl (C=O) groups excluding carboxylic acids is 2. The van der Waals surface area contributed by atoms with Gasteiger partial charge < -0.3 is 24.8 Å². The second kappa shape index (κ2) is 9.23. The number of carbonyl (C=O) groups is 2. The molecule has 0 spiro atoms. The summed E-state index contributed by atoms with van der Waals surface area (Å²) in [6, 6.07) is 11.6. The van der Waals surface area contributed by atoms with E-state index in [0.717, 1.165) is 19.4 Å². The average molecular weight is 384 g/mol. The Hall–Kier alpha value is -3.06. The standard InChI is InChI=1S/C21H24N2O5/c1-26-18-10-9-16(12-19(18)27-2)23-21(25)15-7-5-14(6-8-15)20(24)22-13-17-4-3-11-28-17/h5-10,12,17H,3-4,11,13H2,1-2H3,(H,22,24)(H,23,25). The Labute approximate surface area is 164 Å². The van der Waals surface area contributed by atoms with Crippen molar-refractivity contribution in [3.8, 4) is 11.5 Å². The molecule has 148 valence electrons. The van der Waals surface area contributed by atoms with E-state index in [1.807, 2.05) is 0 Å². The Bertz CT molecular complexity index is 829. The molecule has 28 heavy (non-hydrogen) atoms. The zero-order valence-corrected chi connectivity index (χ0v) is 16.0. The minimum Gasteiger partial charge on any atom is -0.493 e. The molecule has 2 N–H and O–H groups in total. The zero-order chi connectivity index (χ0) is 19.9. The fourth-order valence-electron chi connectivity index (χ4n) is 3.00. The molecule has 1 saturated heterocycles. The van der Waals surface area contributed by atoms with Gasteiger partial charge in [-0.25, -0.2) is 0 Å². The number of amides is 2. The number of rotatable bonds is 7. The second-order valence-electron chi connectivity index (χ2n) is 6.45. The summed E-state index contributed by atoms with van der Waals surface area (Å²) in [5, 5.41) is 5.67. The summed E-state index contributed by atoms with van der Waals surface area (Å²) in [6.07, 6.45) is 2.09. The molecule has 0 saturated carbocycles. The molecular formula is C21H24N2O5. The molecule has 1 unspecified atom stereocenters. The van der Waals surface area contributed by atoms with Crippen LogP contribution < -0.4 is 20.1 Å². The molecule has 0 aromatic heterocycles. The van der Waals surface area contributed by atoms with Crippen LogP contribution in [0.1, 0.15) is 33.6 Å². The van der Waals surface area contributed by atoms with Crippen molar-refractivity contribution in [2.75, 3.05) is 32.7 Å². The van der Waals surface area contributed by atoms with E-state index in [2.05, 4.69) is 10.6 Å². The number of hydrogen-bond donors (Lipinski definition) is 2. The van der Waals surface area contributed by atoms with Gasteiger partial charge in [0.1, 0.15) is 0 Å². The first kappa shape index (κ1) is 19.7. The molecule has 2 aromatic rings. The molecule has 1 aliphatic rings. The Morgan fingerprint density at radius 3 is 2.29 bits per heavy atom. The zero-order valence-electron chi connectivity index (χ0n) is 16.0. The van der Waals surface area contributed by atoms with Crippen LogP contribution in [0.5, 0.6) is 11.5 Å². The van der Waals surface area contributed by atoms with Crippen LogP contribution in [-0.2, 0) is 4.74 Å². The molecule has 7 nitrogen and oxygen atoms in total. The van der Waals surface area contributed by atoms with Crippen molar-refractivity contribution in [2.45, 2.75) is 18.9 Å². The monoisotopic (exact) mass is 384 g/mol. The first-order valence-corrected chi connectivity index (χ1v) is 9.14. The molecule has 0 radical (unpaired) electrons. The molecular weight excluding hydrogens is 360 g/mol. The maximum atomic E-state index is 12.4. The topological polar surface area (TPSA) is 85.9 Å². The summed E-state index contributed by atoms with van der Waals surface area (Å²) in [4.78, 5) is 24.7. The minimum atomic E-state index is -0.279. The van der Waals surface area contributed by atoms with Gasteiger partial charge in [0.25, 0.3) is 11.8 Å². The quantitative estimate of drug-likeness (QED) is 0.767. The van der Waals surface area contributed by atoms with Crippen molar-refractivity contribution in [1.29, 1.82) is 0 Å². The maximum Gasteiger partial charge on any atom is 0.255 e. The van der Waals surface area contributed by atoms with Crippen LogP contribution in [0.4, 0.5) is 5.69 Å². The summed E-state index contributed by atoms with van der Waals surface area (Å²) in [5.74, 6) is 0.651. The van der Waals surface area contributed by atoms with Crippen LogP contribution in [0.3, 0.4) is 0 Å². The fraction of sp³-hybridized carbons (Fsp3) is 0.333. The van der Waals surface area contributed by atoms with Crippen LogP contribution in [0.25, 0.3) is 0 Å². The van der Waals surface area contributed by atoms with Gasteiger partial charge in [-0.15, -0.1) is 0 Å². The normalized spacial score (nSPS) is 15.7. The molecule has 1 fully saturated rings. The molecule has 3 rings (SSSR count). The lowest BCUT2D eigenvalue weighted by Crippen LogP contribution is -2.31. The van der Waals surface area contributed by atoms with Gasteiger partial charge in [-0.3, -0.25) is 9.59 Å². The van der Waals surface area contributed by atoms with Crippen LogP contribution in [0, 0.1) is 0 Å². The van der Waals surface area contributed by atoms with Crippen LogP contribution in [0.2, 0.25) is 0 Å². The highest BCUT2D eigenvalue weighted by Gasteiger charge is 2.17. The van der Waals surface area contributed by atoms with Crippen molar-refractivity contribution in [2.24, 2.45) is 0 Å². The summed E-state index contributed by atoms with van der Waals surface area (Å²) in [6.45, 7) is 1.25. The molecule has 7 heteroatoms. The Morgan fingerprint density at radius 2 is 1.68 bits per heavy atom. The third kappa shape index (κ3) is 4.80. The van der Waals surface area contributed by atoms with Crippen molar-refractivity contribution in [1.82, 2.24) is 5.32 Å². The Balaban J connectivity index is 1.59. The first-order valence-electron chi connectivity index (χ1n) is 9.14. The van der Waals surface area contributed by atoms with Gasteiger partial charge in [0.05, 0.1) is 20.3 Å². The summed E-state index contributed by atoms with van der Waals surface area (Å²) in [7, 11) is 3.08. The van der Waals surface area contributed by atoms with E-state index in [1.165, 1.54) is 7.11 Å².